The lowest BCUT2D eigenvalue weighted by molar-refractivity contribution is 0.0606. The maximum atomic E-state index is 11.8. The van der Waals surface area contributed by atoms with Crippen molar-refractivity contribution in [2.45, 2.75) is 20.4 Å². The Hall–Kier alpha value is -2.16. The first-order chi connectivity index (χ1) is 12.4. The number of hydrogen-bond donors (Lipinski definition) is 2. The average molecular weight is 409 g/mol. The molecule has 26 heavy (non-hydrogen) atoms. The third-order valence-electron chi connectivity index (χ3n) is 3.78. The third-order valence-corrected chi connectivity index (χ3v) is 5.62. The Kier molecular flexibility index (Phi) is 5.45. The Balaban J connectivity index is 1.79. The fourth-order valence-corrected chi connectivity index (χ4v) is 4.15. The Labute approximate surface area is 165 Å². The molecule has 1 aromatic carbocycles. The van der Waals surface area contributed by atoms with E-state index in [1.807, 2.05) is 42.9 Å². The lowest BCUT2D eigenvalue weighted by Crippen LogP contribution is -2.19. The molecule has 0 aliphatic heterocycles. The fourth-order valence-electron chi connectivity index (χ4n) is 2.45. The number of aryl methyl sites for hydroxylation is 2. The van der Waals surface area contributed by atoms with Gasteiger partial charge in [-0.1, -0.05) is 11.6 Å². The van der Waals surface area contributed by atoms with Crippen molar-refractivity contribution < 1.29 is 9.53 Å². The summed E-state index contributed by atoms with van der Waals surface area (Å²) >= 11 is 12.9. The zero-order valence-corrected chi connectivity index (χ0v) is 16.8. The smallest absolute Gasteiger partial charge is 0.349 e. The molecule has 0 unspecified atom stereocenters. The predicted octanol–water partition coefficient (Wildman–Crippen LogP) is 4.68. The van der Waals surface area contributed by atoms with Crippen LogP contribution in [0.2, 0.25) is 5.02 Å². The van der Waals surface area contributed by atoms with Gasteiger partial charge in [-0.05, 0) is 44.3 Å². The minimum absolute atomic E-state index is 0.393. The normalized spacial score (nSPS) is 10.8. The molecule has 2 aromatic heterocycles. The first kappa shape index (κ1) is 18.6. The van der Waals surface area contributed by atoms with Crippen LogP contribution in [0.15, 0.2) is 24.4 Å². The Morgan fingerprint density at radius 2 is 2.19 bits per heavy atom. The van der Waals surface area contributed by atoms with Gasteiger partial charge in [0.15, 0.2) is 5.11 Å². The number of nitrogens with zero attached hydrogens (tertiary/aromatic N) is 2. The zero-order valence-electron chi connectivity index (χ0n) is 14.4. The lowest BCUT2D eigenvalue weighted by Gasteiger charge is -2.09. The molecule has 3 aromatic rings. The molecule has 0 amide bonds. The van der Waals surface area contributed by atoms with Gasteiger partial charge in [-0.3, -0.25) is 4.68 Å². The molecule has 2 heterocycles. The van der Waals surface area contributed by atoms with Gasteiger partial charge in [0.1, 0.15) is 4.88 Å². The number of esters is 1. The molecule has 6 nitrogen and oxygen atoms in total. The van der Waals surface area contributed by atoms with E-state index in [2.05, 4.69) is 15.7 Å². The summed E-state index contributed by atoms with van der Waals surface area (Å²) in [6.07, 6.45) is 1.91. The van der Waals surface area contributed by atoms with Gasteiger partial charge < -0.3 is 15.4 Å². The maximum absolute atomic E-state index is 11.8. The second-order valence-electron chi connectivity index (χ2n) is 5.51. The van der Waals surface area contributed by atoms with Gasteiger partial charge in [0.05, 0.1) is 23.5 Å². The van der Waals surface area contributed by atoms with Crippen LogP contribution >= 0.6 is 35.2 Å². The van der Waals surface area contributed by atoms with Crippen molar-refractivity contribution in [1.29, 1.82) is 0 Å². The van der Waals surface area contributed by atoms with Gasteiger partial charge >= 0.3 is 5.97 Å². The Morgan fingerprint density at radius 1 is 1.42 bits per heavy atom. The van der Waals surface area contributed by atoms with Crippen molar-refractivity contribution in [3.63, 3.8) is 0 Å². The summed E-state index contributed by atoms with van der Waals surface area (Å²) in [5.74, 6) is -0.439. The molecule has 0 saturated carbocycles. The molecular formula is C17H17ClN4O2S2. The summed E-state index contributed by atoms with van der Waals surface area (Å²) in [5, 5.41) is 12.3. The standard InChI is InChI=1S/C17H17ClN4O2S2/c1-4-22-8-12(9(2)21-22)20-17(25)19-10-5-6-11-13(7-10)26-15(14(11)18)16(23)24-3/h5-8H,4H2,1-3H3,(H2,19,20,25). The summed E-state index contributed by atoms with van der Waals surface area (Å²) in [6, 6.07) is 5.61. The van der Waals surface area contributed by atoms with Gasteiger partial charge in [-0.25, -0.2) is 4.79 Å². The fraction of sp³-hybridized carbons (Fsp3) is 0.235. The summed E-state index contributed by atoms with van der Waals surface area (Å²) in [5.41, 5.74) is 2.53. The lowest BCUT2D eigenvalue weighted by atomic mass is 10.2. The van der Waals surface area contributed by atoms with E-state index in [0.29, 0.717) is 15.0 Å². The first-order valence-electron chi connectivity index (χ1n) is 7.85. The van der Waals surface area contributed by atoms with Crippen molar-refractivity contribution in [2.75, 3.05) is 17.7 Å². The van der Waals surface area contributed by atoms with Gasteiger partial charge in [-0.15, -0.1) is 11.3 Å². The van der Waals surface area contributed by atoms with E-state index in [-0.39, 0.29) is 0 Å². The van der Waals surface area contributed by atoms with Crippen molar-refractivity contribution >= 4 is 67.7 Å². The van der Waals surface area contributed by atoms with E-state index in [0.717, 1.165) is 33.7 Å². The number of aromatic nitrogens is 2. The first-order valence-corrected chi connectivity index (χ1v) is 9.45. The monoisotopic (exact) mass is 408 g/mol. The van der Waals surface area contributed by atoms with Crippen LogP contribution < -0.4 is 10.6 Å². The van der Waals surface area contributed by atoms with Gasteiger partial charge in [0, 0.05) is 28.5 Å². The highest BCUT2D eigenvalue weighted by Gasteiger charge is 2.18. The van der Waals surface area contributed by atoms with Gasteiger partial charge in [0.25, 0.3) is 0 Å². The number of nitrogens with one attached hydrogen (secondary N) is 2. The maximum Gasteiger partial charge on any atom is 0.349 e. The van der Waals surface area contributed by atoms with Crippen LogP contribution in [-0.4, -0.2) is 28.0 Å². The molecular weight excluding hydrogens is 392 g/mol. The molecule has 0 saturated heterocycles. The van der Waals surface area contributed by atoms with E-state index in [1.165, 1.54) is 18.4 Å². The topological polar surface area (TPSA) is 68.2 Å². The van der Waals surface area contributed by atoms with Crippen LogP contribution in [0.25, 0.3) is 10.1 Å². The second kappa shape index (κ2) is 7.61. The molecule has 0 radical (unpaired) electrons. The molecule has 0 aliphatic carbocycles. The molecule has 0 bridgehead atoms. The Bertz CT molecular complexity index is 996. The number of thiocarbonyl (C=S) groups is 1. The molecule has 2 N–H and O–H groups in total. The molecule has 9 heteroatoms. The average Bonchev–Trinajstić information content (AvgIpc) is 3.14. The van der Waals surface area contributed by atoms with Crippen molar-refractivity contribution in [1.82, 2.24) is 9.78 Å². The van der Waals surface area contributed by atoms with Crippen LogP contribution in [0.4, 0.5) is 11.4 Å². The molecule has 3 rings (SSSR count). The number of halogens is 1. The van der Waals surface area contributed by atoms with E-state index in [1.54, 1.807) is 0 Å². The van der Waals surface area contributed by atoms with Gasteiger partial charge in [0.2, 0.25) is 0 Å². The summed E-state index contributed by atoms with van der Waals surface area (Å²) in [7, 11) is 1.34. The number of methoxy groups -OCH3 is 1. The minimum atomic E-state index is -0.439. The number of fused-ring (bicyclic) bond motifs is 1. The molecule has 0 spiro atoms. The molecule has 0 aliphatic rings. The van der Waals surface area contributed by atoms with E-state index >= 15 is 0 Å². The predicted molar refractivity (Wildman–Crippen MR) is 111 cm³/mol. The number of benzene rings is 1. The highest BCUT2D eigenvalue weighted by atomic mass is 35.5. The highest BCUT2D eigenvalue weighted by Crippen LogP contribution is 2.37. The third kappa shape index (κ3) is 3.67. The second-order valence-corrected chi connectivity index (χ2v) is 7.35. The quantitative estimate of drug-likeness (QED) is 0.482. The van der Waals surface area contributed by atoms with E-state index in [4.69, 9.17) is 28.6 Å². The zero-order chi connectivity index (χ0) is 18.8. The number of thiophene rings is 1. The number of hydrogen-bond acceptors (Lipinski definition) is 5. The van der Waals surface area contributed by atoms with Crippen molar-refractivity contribution in [3.8, 4) is 0 Å². The summed E-state index contributed by atoms with van der Waals surface area (Å²) in [6.45, 7) is 4.74. The van der Waals surface area contributed by atoms with Gasteiger partial charge in [-0.2, -0.15) is 5.10 Å². The molecule has 0 atom stereocenters. The van der Waals surface area contributed by atoms with Crippen LogP contribution in [0.3, 0.4) is 0 Å². The highest BCUT2D eigenvalue weighted by molar-refractivity contribution is 7.80. The number of carbonyl (C=O) groups excluding carboxylic acids is 1. The van der Waals surface area contributed by atoms with Crippen molar-refractivity contribution in [3.05, 3.63) is 40.0 Å². The van der Waals surface area contributed by atoms with Crippen LogP contribution in [-0.2, 0) is 11.3 Å². The summed E-state index contributed by atoms with van der Waals surface area (Å²) < 4.78 is 7.48. The van der Waals surface area contributed by atoms with E-state index in [9.17, 15) is 4.79 Å². The number of ether oxygens (including phenoxy) is 1. The largest absolute Gasteiger partial charge is 0.465 e. The number of rotatable bonds is 4. The van der Waals surface area contributed by atoms with Crippen LogP contribution in [0.5, 0.6) is 0 Å². The Morgan fingerprint density at radius 3 is 2.85 bits per heavy atom. The summed E-state index contributed by atoms with van der Waals surface area (Å²) in [4.78, 5) is 12.2. The minimum Gasteiger partial charge on any atom is -0.465 e. The van der Waals surface area contributed by atoms with Crippen LogP contribution in [0.1, 0.15) is 22.3 Å². The number of anilines is 2. The van der Waals surface area contributed by atoms with E-state index < -0.39 is 5.97 Å². The number of carbonyl (C=O) groups is 1. The van der Waals surface area contributed by atoms with Crippen LogP contribution in [0, 0.1) is 6.92 Å². The van der Waals surface area contributed by atoms with Crippen molar-refractivity contribution in [2.24, 2.45) is 0 Å². The molecule has 136 valence electrons. The SMILES string of the molecule is CCn1cc(NC(=S)Nc2ccc3c(Cl)c(C(=O)OC)sc3c2)c(C)n1. The molecule has 0 fully saturated rings.